The van der Waals surface area contributed by atoms with E-state index in [-0.39, 0.29) is 30.5 Å². The van der Waals surface area contributed by atoms with Crippen LogP contribution in [0.25, 0.3) is 0 Å². The molecule has 0 unspecified atom stereocenters. The third kappa shape index (κ3) is 4.75. The van der Waals surface area contributed by atoms with E-state index in [0.717, 1.165) is 11.1 Å². The number of methoxy groups -OCH3 is 2. The zero-order valence-electron chi connectivity index (χ0n) is 17.9. The van der Waals surface area contributed by atoms with Crippen molar-refractivity contribution in [2.24, 2.45) is 0 Å². The van der Waals surface area contributed by atoms with Crippen molar-refractivity contribution in [3.05, 3.63) is 70.4 Å². The molecule has 1 amide bonds. The molecule has 0 saturated carbocycles. The second kappa shape index (κ2) is 9.44. The van der Waals surface area contributed by atoms with Gasteiger partial charge in [-0.1, -0.05) is 23.8 Å². The molecule has 162 valence electrons. The number of hydrogen-bond acceptors (Lipinski definition) is 7. The predicted octanol–water partition coefficient (Wildman–Crippen LogP) is 2.95. The van der Waals surface area contributed by atoms with Crippen LogP contribution in [0.2, 0.25) is 0 Å². The van der Waals surface area contributed by atoms with E-state index in [1.54, 1.807) is 30.3 Å². The van der Waals surface area contributed by atoms with Crippen LogP contribution in [0.1, 0.15) is 21.5 Å². The van der Waals surface area contributed by atoms with E-state index in [1.807, 2.05) is 26.0 Å². The van der Waals surface area contributed by atoms with Crippen LogP contribution in [0, 0.1) is 13.8 Å². The zero-order valence-corrected chi connectivity index (χ0v) is 17.9. The largest absolute Gasteiger partial charge is 0.466 e. The van der Waals surface area contributed by atoms with Crippen molar-refractivity contribution >= 4 is 29.2 Å². The van der Waals surface area contributed by atoms with Gasteiger partial charge in [-0.25, -0.2) is 9.59 Å². The lowest BCUT2D eigenvalue weighted by Gasteiger charge is -2.31. The van der Waals surface area contributed by atoms with E-state index in [9.17, 15) is 14.4 Å². The van der Waals surface area contributed by atoms with Crippen LogP contribution in [0.15, 0.2) is 53.7 Å². The Labute approximate surface area is 180 Å². The van der Waals surface area contributed by atoms with Gasteiger partial charge in [0.1, 0.15) is 12.4 Å². The Kier molecular flexibility index (Phi) is 6.71. The first kappa shape index (κ1) is 22.0. The number of nitrogens with one attached hydrogen (secondary N) is 1. The summed E-state index contributed by atoms with van der Waals surface area (Å²) >= 11 is 0. The molecular weight excluding hydrogens is 400 g/mol. The number of nitrogens with zero attached hydrogens (tertiary/aromatic N) is 1. The number of hydrogen-bond donors (Lipinski definition) is 1. The van der Waals surface area contributed by atoms with Gasteiger partial charge in [-0.3, -0.25) is 4.79 Å². The summed E-state index contributed by atoms with van der Waals surface area (Å²) < 4.78 is 15.2. The van der Waals surface area contributed by atoms with Gasteiger partial charge in [0.05, 0.1) is 26.4 Å². The molecule has 1 aliphatic heterocycles. The highest BCUT2D eigenvalue weighted by atomic mass is 16.5. The fourth-order valence-corrected chi connectivity index (χ4v) is 3.16. The highest BCUT2D eigenvalue weighted by Crippen LogP contribution is 2.30. The van der Waals surface area contributed by atoms with Crippen LogP contribution >= 0.6 is 0 Å². The molecule has 0 radical (unpaired) electrons. The minimum Gasteiger partial charge on any atom is -0.466 e. The van der Waals surface area contributed by atoms with Gasteiger partial charge in [0, 0.05) is 16.9 Å². The second-order valence-electron chi connectivity index (χ2n) is 7.04. The molecule has 0 aliphatic carbocycles. The summed E-state index contributed by atoms with van der Waals surface area (Å²) in [6.07, 6.45) is 0. The van der Waals surface area contributed by atoms with Crippen molar-refractivity contribution in [3.63, 3.8) is 0 Å². The summed E-state index contributed by atoms with van der Waals surface area (Å²) in [5, 5.41) is 2.90. The molecule has 3 rings (SSSR count). The first-order chi connectivity index (χ1) is 14.8. The van der Waals surface area contributed by atoms with Gasteiger partial charge in [0.25, 0.3) is 5.91 Å². The highest BCUT2D eigenvalue weighted by Gasteiger charge is 2.32. The molecule has 0 spiro atoms. The highest BCUT2D eigenvalue weighted by molar-refractivity contribution is 6.06. The number of amides is 1. The second-order valence-corrected chi connectivity index (χ2v) is 7.04. The lowest BCUT2D eigenvalue weighted by molar-refractivity contribution is -0.140. The molecule has 8 nitrogen and oxygen atoms in total. The summed E-state index contributed by atoms with van der Waals surface area (Å²) in [7, 11) is 2.47. The Balaban J connectivity index is 1.97. The number of esters is 2. The molecule has 31 heavy (non-hydrogen) atoms. The maximum absolute atomic E-state index is 12.7. The monoisotopic (exact) mass is 424 g/mol. The van der Waals surface area contributed by atoms with Crippen LogP contribution in [-0.4, -0.2) is 45.4 Å². The van der Waals surface area contributed by atoms with Crippen LogP contribution in [0.3, 0.4) is 0 Å². The van der Waals surface area contributed by atoms with Crippen molar-refractivity contribution < 1.29 is 28.6 Å². The molecular formula is C23H24N2O6. The summed E-state index contributed by atoms with van der Waals surface area (Å²) in [6.45, 7) is 3.76. The number of anilines is 2. The number of benzene rings is 2. The van der Waals surface area contributed by atoms with Crippen molar-refractivity contribution in [2.75, 3.05) is 37.8 Å². The lowest BCUT2D eigenvalue weighted by atomic mass is 10.1. The van der Waals surface area contributed by atoms with Crippen LogP contribution in [0.4, 0.5) is 11.4 Å². The third-order valence-corrected chi connectivity index (χ3v) is 4.93. The Hall–Kier alpha value is -3.65. The molecule has 1 N–H and O–H groups in total. The fraction of sp³-hybridized carbons (Fsp3) is 0.261. The van der Waals surface area contributed by atoms with Gasteiger partial charge in [0.2, 0.25) is 0 Å². The van der Waals surface area contributed by atoms with Crippen molar-refractivity contribution in [1.29, 1.82) is 0 Å². The van der Waals surface area contributed by atoms with Crippen molar-refractivity contribution in [1.82, 2.24) is 0 Å². The van der Waals surface area contributed by atoms with E-state index in [2.05, 4.69) is 5.32 Å². The first-order valence-electron chi connectivity index (χ1n) is 9.59. The van der Waals surface area contributed by atoms with Gasteiger partial charge in [-0.05, 0) is 43.7 Å². The topological polar surface area (TPSA) is 94.2 Å². The van der Waals surface area contributed by atoms with E-state index in [1.165, 1.54) is 19.1 Å². The van der Waals surface area contributed by atoms with Crippen LogP contribution in [-0.2, 0) is 23.8 Å². The molecule has 1 heterocycles. The summed E-state index contributed by atoms with van der Waals surface area (Å²) in [5.74, 6) is -1.62. The quantitative estimate of drug-likeness (QED) is 0.738. The lowest BCUT2D eigenvalue weighted by Crippen LogP contribution is -2.38. The minimum absolute atomic E-state index is 0.0271. The van der Waals surface area contributed by atoms with Crippen molar-refractivity contribution in [2.45, 2.75) is 13.8 Å². The first-order valence-corrected chi connectivity index (χ1v) is 9.59. The molecule has 0 aromatic heterocycles. The summed E-state index contributed by atoms with van der Waals surface area (Å²) in [4.78, 5) is 38.8. The Morgan fingerprint density at radius 2 is 1.65 bits per heavy atom. The third-order valence-electron chi connectivity index (χ3n) is 4.93. The molecule has 0 bridgehead atoms. The summed E-state index contributed by atoms with van der Waals surface area (Å²) in [6, 6.07) is 12.5. The van der Waals surface area contributed by atoms with Crippen molar-refractivity contribution in [3.8, 4) is 0 Å². The maximum Gasteiger partial charge on any atom is 0.355 e. The number of ether oxygens (including phenoxy) is 3. The zero-order chi connectivity index (χ0) is 22.5. The smallest absolute Gasteiger partial charge is 0.355 e. The van der Waals surface area contributed by atoms with Gasteiger partial charge in [-0.15, -0.1) is 0 Å². The van der Waals surface area contributed by atoms with E-state index in [0.29, 0.717) is 16.9 Å². The van der Waals surface area contributed by atoms with E-state index in [4.69, 9.17) is 14.2 Å². The number of carbonyl (C=O) groups excluding carboxylic acids is 3. The van der Waals surface area contributed by atoms with Gasteiger partial charge >= 0.3 is 11.9 Å². The van der Waals surface area contributed by atoms with Crippen LogP contribution < -0.4 is 10.2 Å². The van der Waals surface area contributed by atoms with E-state index < -0.39 is 11.9 Å². The Morgan fingerprint density at radius 3 is 2.29 bits per heavy atom. The summed E-state index contributed by atoms with van der Waals surface area (Å²) in [5.41, 5.74) is 3.64. The SMILES string of the molecule is COC(=O)C1=C(C(=O)OC)N(c2ccc(C)c(NC(=O)c3ccc(C)cc3)c2)COC1. The molecule has 0 atom stereocenters. The standard InChI is InChI=1S/C23H24N2O6/c1-14-5-8-16(9-6-14)21(26)24-19-11-17(10-7-15(19)2)25-13-31-12-18(22(27)29-3)20(25)23(28)30-4/h5-11H,12-13H2,1-4H3,(H,24,26). The molecule has 0 saturated heterocycles. The average Bonchev–Trinajstić information content (AvgIpc) is 2.79. The number of aryl methyl sites for hydroxylation is 2. The molecule has 2 aromatic carbocycles. The molecule has 8 heteroatoms. The van der Waals surface area contributed by atoms with E-state index >= 15 is 0 Å². The van der Waals surface area contributed by atoms with Gasteiger partial charge in [0.15, 0.2) is 0 Å². The van der Waals surface area contributed by atoms with Gasteiger partial charge < -0.3 is 24.4 Å². The average molecular weight is 424 g/mol. The number of rotatable bonds is 5. The predicted molar refractivity (Wildman–Crippen MR) is 115 cm³/mol. The Morgan fingerprint density at radius 1 is 0.968 bits per heavy atom. The molecule has 0 fully saturated rings. The minimum atomic E-state index is -0.686. The van der Waals surface area contributed by atoms with Crippen LogP contribution in [0.5, 0.6) is 0 Å². The van der Waals surface area contributed by atoms with Gasteiger partial charge in [-0.2, -0.15) is 0 Å². The molecule has 2 aromatic rings. The maximum atomic E-state index is 12.7. The normalized spacial score (nSPS) is 13.6. The molecule has 1 aliphatic rings. The Bertz CT molecular complexity index is 1040. The number of carbonyl (C=O) groups is 3. The fourth-order valence-electron chi connectivity index (χ4n) is 3.16.